The molecule has 0 atom stereocenters. The second-order valence-electron chi connectivity index (χ2n) is 7.25. The van der Waals surface area contributed by atoms with Gasteiger partial charge in [-0.15, -0.1) is 0 Å². The van der Waals surface area contributed by atoms with Gasteiger partial charge in [0.1, 0.15) is 0 Å². The van der Waals surface area contributed by atoms with E-state index in [4.69, 9.17) is 21.1 Å². The molecule has 3 aromatic rings. The minimum Gasteiger partial charge on any atom is -0.490 e. The molecule has 12 heteroatoms. The number of benzene rings is 3. The highest BCUT2D eigenvalue weighted by Gasteiger charge is 2.33. The number of thioether (sulfide) groups is 1. The van der Waals surface area contributed by atoms with Gasteiger partial charge >= 0.3 is 10.1 Å². The molecular formula is C24H18N2O7S3. The summed E-state index contributed by atoms with van der Waals surface area (Å²) in [5.74, 6) is -0.343. The van der Waals surface area contributed by atoms with Crippen molar-refractivity contribution in [1.82, 2.24) is 0 Å². The van der Waals surface area contributed by atoms with E-state index in [9.17, 15) is 23.3 Å². The third-order valence-electron chi connectivity index (χ3n) is 4.90. The molecule has 0 aliphatic carbocycles. The first kappa shape index (κ1) is 25.4. The van der Waals surface area contributed by atoms with Crippen molar-refractivity contribution in [3.05, 3.63) is 93.4 Å². The molecule has 1 aliphatic rings. The number of carbonyl (C=O) groups excluding carboxylic acids is 1. The Morgan fingerprint density at radius 2 is 1.75 bits per heavy atom. The van der Waals surface area contributed by atoms with Crippen molar-refractivity contribution in [2.75, 3.05) is 11.5 Å². The maximum atomic E-state index is 13.0. The van der Waals surface area contributed by atoms with Gasteiger partial charge in [-0.25, -0.2) is 0 Å². The lowest BCUT2D eigenvalue weighted by Gasteiger charge is -2.14. The maximum Gasteiger partial charge on any atom is 0.346 e. The second kappa shape index (κ2) is 10.5. The van der Waals surface area contributed by atoms with Gasteiger partial charge in [0.25, 0.3) is 11.6 Å². The number of nitrogens with zero attached hydrogens (tertiary/aromatic N) is 2. The van der Waals surface area contributed by atoms with Crippen LogP contribution in [0.5, 0.6) is 11.5 Å². The minimum absolute atomic E-state index is 0.0898. The Balaban J connectivity index is 1.65. The summed E-state index contributed by atoms with van der Waals surface area (Å²) >= 11 is 6.53. The number of amides is 1. The Morgan fingerprint density at radius 3 is 2.44 bits per heavy atom. The molecule has 1 amide bonds. The Hall–Kier alpha value is -3.74. The van der Waals surface area contributed by atoms with Gasteiger partial charge in [-0.1, -0.05) is 60.4 Å². The zero-order chi connectivity index (χ0) is 25.9. The van der Waals surface area contributed by atoms with Crippen LogP contribution < -0.4 is 13.8 Å². The van der Waals surface area contributed by atoms with Gasteiger partial charge in [0.2, 0.25) is 0 Å². The smallest absolute Gasteiger partial charge is 0.346 e. The fourth-order valence-electron chi connectivity index (χ4n) is 3.35. The monoisotopic (exact) mass is 542 g/mol. The molecule has 36 heavy (non-hydrogen) atoms. The fraction of sp³-hybridized carbons (Fsp3) is 0.0833. The summed E-state index contributed by atoms with van der Waals surface area (Å²) in [6, 6.07) is 18.3. The molecule has 9 nitrogen and oxygen atoms in total. The number of nitro groups is 1. The van der Waals surface area contributed by atoms with Gasteiger partial charge in [0.05, 0.1) is 22.1 Å². The normalized spacial score (nSPS) is 14.8. The van der Waals surface area contributed by atoms with Gasteiger partial charge in [0, 0.05) is 6.07 Å². The summed E-state index contributed by atoms with van der Waals surface area (Å²) in [7, 11) is -4.54. The van der Waals surface area contributed by atoms with Crippen molar-refractivity contribution in [2.45, 2.75) is 11.8 Å². The van der Waals surface area contributed by atoms with Crippen molar-refractivity contribution in [3.63, 3.8) is 0 Å². The van der Waals surface area contributed by atoms with Crippen molar-refractivity contribution in [1.29, 1.82) is 0 Å². The quantitative estimate of drug-likeness (QED) is 0.125. The van der Waals surface area contributed by atoms with Crippen LogP contribution in [-0.4, -0.2) is 30.2 Å². The maximum absolute atomic E-state index is 13.0. The number of para-hydroxylation sites is 2. The summed E-state index contributed by atoms with van der Waals surface area (Å²) in [6.07, 6.45) is 1.62. The van der Waals surface area contributed by atoms with Crippen molar-refractivity contribution in [3.8, 4) is 11.5 Å². The first-order valence-electron chi connectivity index (χ1n) is 10.5. The second-order valence-corrected chi connectivity index (χ2v) is 10.4. The van der Waals surface area contributed by atoms with E-state index in [0.717, 1.165) is 23.9 Å². The number of hydrogen-bond donors (Lipinski definition) is 0. The molecule has 1 aliphatic heterocycles. The van der Waals surface area contributed by atoms with Gasteiger partial charge < -0.3 is 8.92 Å². The molecule has 184 valence electrons. The standard InChI is InChI=1S/C24H18N2O7S3/c1-2-32-20-14-16(15-21-23(27)25(24(34)35-21)17-8-4-3-5-9-17)12-13-19(20)33-36(30,31)22-11-7-6-10-18(22)26(28)29/h3-15H,2H2,1H3/b21-15-. The molecule has 0 saturated carbocycles. The lowest BCUT2D eigenvalue weighted by atomic mass is 10.2. The highest BCUT2D eigenvalue weighted by Crippen LogP contribution is 2.38. The van der Waals surface area contributed by atoms with Crippen LogP contribution in [0.15, 0.2) is 82.6 Å². The van der Waals surface area contributed by atoms with Crippen LogP contribution in [0.1, 0.15) is 12.5 Å². The summed E-state index contributed by atoms with van der Waals surface area (Å²) in [5.41, 5.74) is 0.595. The van der Waals surface area contributed by atoms with Gasteiger partial charge in [-0.05, 0) is 48.9 Å². The molecule has 4 rings (SSSR count). The molecule has 1 fully saturated rings. The van der Waals surface area contributed by atoms with Crippen LogP contribution in [0.4, 0.5) is 11.4 Å². The summed E-state index contributed by atoms with van der Waals surface area (Å²) in [4.78, 5) is 24.7. The Morgan fingerprint density at radius 1 is 1.06 bits per heavy atom. The highest BCUT2D eigenvalue weighted by molar-refractivity contribution is 8.27. The van der Waals surface area contributed by atoms with Crippen molar-refractivity contribution >= 4 is 61.8 Å². The van der Waals surface area contributed by atoms with E-state index in [1.54, 1.807) is 31.2 Å². The fourth-order valence-corrected chi connectivity index (χ4v) is 5.76. The Kier molecular flexibility index (Phi) is 7.38. The summed E-state index contributed by atoms with van der Waals surface area (Å²) in [6.45, 7) is 1.90. The van der Waals surface area contributed by atoms with E-state index in [2.05, 4.69) is 0 Å². The zero-order valence-corrected chi connectivity index (χ0v) is 21.1. The van der Waals surface area contributed by atoms with E-state index < -0.39 is 25.6 Å². The number of nitro benzene ring substituents is 1. The number of thiocarbonyl (C=S) groups is 1. The zero-order valence-electron chi connectivity index (χ0n) is 18.7. The van der Waals surface area contributed by atoms with E-state index >= 15 is 0 Å². The molecule has 0 unspecified atom stereocenters. The highest BCUT2D eigenvalue weighted by atomic mass is 32.2. The first-order valence-corrected chi connectivity index (χ1v) is 13.1. The summed E-state index contributed by atoms with van der Waals surface area (Å²) in [5, 5.41) is 11.3. The van der Waals surface area contributed by atoms with Crippen LogP contribution in [0.3, 0.4) is 0 Å². The average Bonchev–Trinajstić information content (AvgIpc) is 3.13. The molecule has 0 radical (unpaired) electrons. The van der Waals surface area contributed by atoms with E-state index in [0.29, 0.717) is 20.5 Å². The average molecular weight is 543 g/mol. The Bertz CT molecular complexity index is 1490. The summed E-state index contributed by atoms with van der Waals surface area (Å²) < 4.78 is 36.8. The van der Waals surface area contributed by atoms with E-state index in [1.165, 1.54) is 29.2 Å². The predicted molar refractivity (Wildman–Crippen MR) is 141 cm³/mol. The molecule has 1 heterocycles. The number of rotatable bonds is 8. The Labute approximate surface area is 216 Å². The number of anilines is 1. The lowest BCUT2D eigenvalue weighted by molar-refractivity contribution is -0.387. The molecular weight excluding hydrogens is 524 g/mol. The van der Waals surface area contributed by atoms with Crippen molar-refractivity contribution < 1.29 is 27.1 Å². The first-order chi connectivity index (χ1) is 17.2. The van der Waals surface area contributed by atoms with Gasteiger partial charge in [-0.3, -0.25) is 19.8 Å². The van der Waals surface area contributed by atoms with Crippen LogP contribution in [0.2, 0.25) is 0 Å². The topological polar surface area (TPSA) is 116 Å². The molecule has 0 N–H and O–H groups in total. The van der Waals surface area contributed by atoms with Crippen LogP contribution in [0, 0.1) is 10.1 Å². The number of hydrogen-bond acceptors (Lipinski definition) is 9. The third kappa shape index (κ3) is 5.25. The molecule has 1 saturated heterocycles. The van der Waals surface area contributed by atoms with Crippen molar-refractivity contribution in [2.24, 2.45) is 0 Å². The number of carbonyl (C=O) groups is 1. The van der Waals surface area contributed by atoms with E-state index in [-0.39, 0.29) is 24.0 Å². The predicted octanol–water partition coefficient (Wildman–Crippen LogP) is 5.17. The molecule has 0 spiro atoms. The van der Waals surface area contributed by atoms with Crippen LogP contribution in [-0.2, 0) is 14.9 Å². The van der Waals surface area contributed by atoms with Crippen LogP contribution in [0.25, 0.3) is 6.08 Å². The minimum atomic E-state index is -4.54. The van der Waals surface area contributed by atoms with Crippen LogP contribution >= 0.6 is 24.0 Å². The SMILES string of the molecule is CCOc1cc(/C=C2\SC(=S)N(c3ccccc3)C2=O)ccc1OS(=O)(=O)c1ccccc1[N+](=O)[O-]. The van der Waals surface area contributed by atoms with E-state index in [1.807, 2.05) is 18.2 Å². The molecule has 3 aromatic carbocycles. The lowest BCUT2D eigenvalue weighted by Crippen LogP contribution is -2.27. The molecule has 0 bridgehead atoms. The largest absolute Gasteiger partial charge is 0.490 e. The van der Waals surface area contributed by atoms with Gasteiger partial charge in [-0.2, -0.15) is 8.42 Å². The number of ether oxygens (including phenoxy) is 1. The third-order valence-corrected chi connectivity index (χ3v) is 7.49. The molecule has 0 aromatic heterocycles. The van der Waals surface area contributed by atoms with Gasteiger partial charge in [0.15, 0.2) is 20.7 Å².